The van der Waals surface area contributed by atoms with Crippen molar-refractivity contribution in [3.05, 3.63) is 83.6 Å². The molecule has 3 aromatic rings. The molecule has 1 aromatic carbocycles. The number of amides is 2. The number of Topliss-reactive ketones (excluding diaryl/α,β-unsaturated/α-hetero) is 1. The number of carbonyl (C=O) groups is 3. The highest BCUT2D eigenvalue weighted by molar-refractivity contribution is 6.47. The summed E-state index contributed by atoms with van der Waals surface area (Å²) >= 11 is 0. The highest BCUT2D eigenvalue weighted by Crippen LogP contribution is 2.40. The van der Waals surface area contributed by atoms with E-state index in [4.69, 9.17) is 4.74 Å². The summed E-state index contributed by atoms with van der Waals surface area (Å²) in [4.78, 5) is 53.1. The summed E-state index contributed by atoms with van der Waals surface area (Å²) < 4.78 is 7.20. The topological polar surface area (TPSA) is 109 Å². The molecule has 10 nitrogen and oxygen atoms in total. The fraction of sp³-hybridized carbons (Fsp3) is 0.276. The molecule has 4 aliphatic heterocycles. The first-order chi connectivity index (χ1) is 19.1. The molecule has 1 atom stereocenters. The van der Waals surface area contributed by atoms with Crippen molar-refractivity contribution < 1.29 is 19.1 Å². The third-order valence-corrected chi connectivity index (χ3v) is 7.80. The van der Waals surface area contributed by atoms with Gasteiger partial charge in [-0.05, 0) is 17.7 Å². The molecule has 0 radical (unpaired) electrons. The number of carbonyl (C=O) groups excluding carboxylic acids is 3. The summed E-state index contributed by atoms with van der Waals surface area (Å²) in [6, 6.07) is 11.0. The van der Waals surface area contributed by atoms with E-state index in [1.807, 2.05) is 53.7 Å². The Labute approximate surface area is 224 Å². The van der Waals surface area contributed by atoms with Gasteiger partial charge in [-0.2, -0.15) is 0 Å². The van der Waals surface area contributed by atoms with Crippen LogP contribution in [0.5, 0.6) is 0 Å². The van der Waals surface area contributed by atoms with Gasteiger partial charge in [0.2, 0.25) is 0 Å². The number of morpholine rings is 1. The summed E-state index contributed by atoms with van der Waals surface area (Å²) in [5, 5.41) is 2.46. The molecule has 2 amide bonds. The number of para-hydroxylation sites is 1. The van der Waals surface area contributed by atoms with E-state index < -0.39 is 11.8 Å². The SMILES string of the molecule is O=C1NC(=O)C(c2cnc3ccccn23)=C1C1=NC=CN2c3c(cccc31)CC2C(=O)CCN1CCOCC1. The Kier molecular flexibility index (Phi) is 5.71. The monoisotopic (exact) mass is 522 g/mol. The number of fused-ring (bicyclic) bond motifs is 1. The average molecular weight is 523 g/mol. The summed E-state index contributed by atoms with van der Waals surface area (Å²) in [5.74, 6) is -0.830. The van der Waals surface area contributed by atoms with Crippen LogP contribution < -0.4 is 10.2 Å². The molecule has 2 aromatic heterocycles. The molecule has 1 saturated heterocycles. The van der Waals surface area contributed by atoms with Gasteiger partial charge in [0.25, 0.3) is 11.8 Å². The molecular formula is C29H26N6O4. The van der Waals surface area contributed by atoms with Crippen molar-refractivity contribution in [2.24, 2.45) is 4.99 Å². The van der Waals surface area contributed by atoms with Crippen LogP contribution in [-0.4, -0.2) is 76.5 Å². The molecule has 1 unspecified atom stereocenters. The molecule has 6 heterocycles. The maximum Gasteiger partial charge on any atom is 0.261 e. The summed E-state index contributed by atoms with van der Waals surface area (Å²) in [7, 11) is 0. The first kappa shape index (κ1) is 23.7. The zero-order valence-electron chi connectivity index (χ0n) is 21.2. The van der Waals surface area contributed by atoms with Gasteiger partial charge in [0.05, 0.1) is 53.7 Å². The third-order valence-electron chi connectivity index (χ3n) is 7.80. The fourth-order valence-corrected chi connectivity index (χ4v) is 5.91. The number of aromatic nitrogens is 2. The van der Waals surface area contributed by atoms with E-state index in [0.717, 1.165) is 24.3 Å². The Morgan fingerprint density at radius 3 is 2.77 bits per heavy atom. The van der Waals surface area contributed by atoms with Crippen molar-refractivity contribution in [2.45, 2.75) is 18.9 Å². The molecule has 10 heteroatoms. The van der Waals surface area contributed by atoms with Crippen LogP contribution in [0.4, 0.5) is 5.69 Å². The zero-order chi connectivity index (χ0) is 26.5. The van der Waals surface area contributed by atoms with Crippen LogP contribution in [0.2, 0.25) is 0 Å². The van der Waals surface area contributed by atoms with Crippen molar-refractivity contribution in [2.75, 3.05) is 37.7 Å². The van der Waals surface area contributed by atoms with Gasteiger partial charge in [0.1, 0.15) is 5.65 Å². The van der Waals surface area contributed by atoms with Crippen molar-refractivity contribution in [1.82, 2.24) is 19.6 Å². The lowest BCUT2D eigenvalue weighted by molar-refractivity contribution is -0.123. The molecule has 1 N–H and O–H groups in total. The quantitative estimate of drug-likeness (QED) is 0.492. The third kappa shape index (κ3) is 3.91. The van der Waals surface area contributed by atoms with Crippen molar-refractivity contribution in [3.8, 4) is 0 Å². The second kappa shape index (κ2) is 9.40. The van der Waals surface area contributed by atoms with Gasteiger partial charge in [-0.3, -0.25) is 34.0 Å². The first-order valence-corrected chi connectivity index (χ1v) is 13.1. The van der Waals surface area contributed by atoms with Crippen LogP contribution in [0.25, 0.3) is 11.2 Å². The largest absolute Gasteiger partial charge is 0.379 e. The summed E-state index contributed by atoms with van der Waals surface area (Å²) in [6.45, 7) is 3.79. The summed E-state index contributed by atoms with van der Waals surface area (Å²) in [6.07, 6.45) is 7.85. The maximum absolute atomic E-state index is 13.4. The number of nitrogens with one attached hydrogen (secondary N) is 1. The molecule has 0 bridgehead atoms. The second-order valence-corrected chi connectivity index (χ2v) is 9.99. The Hall–Kier alpha value is -4.41. The van der Waals surface area contributed by atoms with E-state index in [9.17, 15) is 14.4 Å². The number of benzene rings is 1. The number of aliphatic imine (C=N–C) groups is 1. The first-order valence-electron chi connectivity index (χ1n) is 13.1. The molecular weight excluding hydrogens is 496 g/mol. The normalized spacial score (nSPS) is 20.9. The van der Waals surface area contributed by atoms with E-state index in [0.29, 0.717) is 55.2 Å². The van der Waals surface area contributed by atoms with E-state index >= 15 is 0 Å². The van der Waals surface area contributed by atoms with Gasteiger partial charge < -0.3 is 9.64 Å². The van der Waals surface area contributed by atoms with Gasteiger partial charge in [0, 0.05) is 56.6 Å². The van der Waals surface area contributed by atoms with Crippen LogP contribution in [-0.2, 0) is 25.5 Å². The minimum absolute atomic E-state index is 0.163. The van der Waals surface area contributed by atoms with E-state index in [2.05, 4.69) is 20.2 Å². The van der Waals surface area contributed by atoms with Crippen LogP contribution in [0.3, 0.4) is 0 Å². The molecule has 0 saturated carbocycles. The zero-order valence-corrected chi connectivity index (χ0v) is 21.2. The number of anilines is 1. The average Bonchev–Trinajstić information content (AvgIpc) is 3.58. The number of imide groups is 1. The van der Waals surface area contributed by atoms with Crippen LogP contribution in [0.15, 0.2) is 71.8 Å². The smallest absolute Gasteiger partial charge is 0.261 e. The number of nitrogens with zero attached hydrogens (tertiary/aromatic N) is 5. The molecule has 0 spiro atoms. The number of pyridine rings is 1. The fourth-order valence-electron chi connectivity index (χ4n) is 5.91. The standard InChI is InChI=1S/C29H26N6O4/c36-22(7-10-33-12-14-39-15-13-33)20-16-18-4-3-5-19-26(30-8-11-35(20)27(18)19)25-24(28(37)32-29(25)38)21-17-31-23-6-1-2-9-34(21)23/h1-6,8-9,11,17,20H,7,10,12-16H2,(H,32,37,38). The summed E-state index contributed by atoms with van der Waals surface area (Å²) in [5.41, 5.74) is 4.59. The number of ether oxygens (including phenoxy) is 1. The van der Waals surface area contributed by atoms with Crippen LogP contribution >= 0.6 is 0 Å². The molecule has 196 valence electrons. The van der Waals surface area contributed by atoms with E-state index in [-0.39, 0.29) is 23.0 Å². The van der Waals surface area contributed by atoms with Gasteiger partial charge >= 0.3 is 0 Å². The molecule has 39 heavy (non-hydrogen) atoms. The van der Waals surface area contributed by atoms with Crippen LogP contribution in [0, 0.1) is 0 Å². The molecule has 4 aliphatic rings. The Morgan fingerprint density at radius 2 is 1.90 bits per heavy atom. The predicted molar refractivity (Wildman–Crippen MR) is 144 cm³/mol. The Morgan fingerprint density at radius 1 is 1.05 bits per heavy atom. The van der Waals surface area contributed by atoms with Crippen LogP contribution in [0.1, 0.15) is 23.2 Å². The second-order valence-electron chi connectivity index (χ2n) is 9.99. The number of hydrogen-bond acceptors (Lipinski definition) is 8. The number of hydrogen-bond donors (Lipinski definition) is 1. The highest BCUT2D eigenvalue weighted by atomic mass is 16.5. The van der Waals surface area contributed by atoms with Gasteiger partial charge in [-0.15, -0.1) is 0 Å². The lowest BCUT2D eigenvalue weighted by Gasteiger charge is -2.28. The van der Waals surface area contributed by atoms with Gasteiger partial charge in [-0.1, -0.05) is 24.3 Å². The number of ketones is 1. The van der Waals surface area contributed by atoms with E-state index in [1.165, 1.54) is 0 Å². The van der Waals surface area contributed by atoms with Crippen molar-refractivity contribution >= 4 is 40.2 Å². The minimum Gasteiger partial charge on any atom is -0.379 e. The Balaban J connectivity index is 1.26. The Bertz CT molecular complexity index is 1630. The van der Waals surface area contributed by atoms with Gasteiger partial charge in [0.15, 0.2) is 5.78 Å². The molecule has 7 rings (SSSR count). The number of rotatable bonds is 6. The lowest BCUT2D eigenvalue weighted by Crippen LogP contribution is -2.40. The predicted octanol–water partition coefficient (Wildman–Crippen LogP) is 1.74. The minimum atomic E-state index is -0.504. The van der Waals surface area contributed by atoms with E-state index in [1.54, 1.807) is 16.8 Å². The molecule has 1 fully saturated rings. The molecule has 0 aliphatic carbocycles. The highest BCUT2D eigenvalue weighted by Gasteiger charge is 2.41. The number of imidazole rings is 1. The van der Waals surface area contributed by atoms with Crippen molar-refractivity contribution in [3.63, 3.8) is 0 Å². The van der Waals surface area contributed by atoms with Crippen molar-refractivity contribution in [1.29, 1.82) is 0 Å². The maximum atomic E-state index is 13.4. The van der Waals surface area contributed by atoms with Gasteiger partial charge in [-0.25, -0.2) is 4.98 Å². The lowest BCUT2D eigenvalue weighted by atomic mass is 9.94.